The largest absolute Gasteiger partial charge is 0.494 e. The molecule has 2 aliphatic rings. The molecule has 0 aliphatic carbocycles. The van der Waals surface area contributed by atoms with Crippen LogP contribution in [0.25, 0.3) is 27.5 Å². The minimum Gasteiger partial charge on any atom is -0.494 e. The number of halogens is 2. The first kappa shape index (κ1) is 23.9. The van der Waals surface area contributed by atoms with Gasteiger partial charge < -0.3 is 23.9 Å². The van der Waals surface area contributed by atoms with E-state index in [0.717, 1.165) is 11.3 Å². The second-order valence-corrected chi connectivity index (χ2v) is 10.0. The summed E-state index contributed by atoms with van der Waals surface area (Å²) >= 11 is 0. The molecule has 2 N–H and O–H groups in total. The van der Waals surface area contributed by atoms with Crippen LogP contribution >= 0.6 is 0 Å². The maximum atomic E-state index is 16.3. The van der Waals surface area contributed by atoms with Crippen molar-refractivity contribution in [1.29, 1.82) is 0 Å². The molecule has 2 fully saturated rings. The van der Waals surface area contributed by atoms with E-state index in [9.17, 15) is 14.3 Å². The molecule has 2 aromatic heterocycles. The van der Waals surface area contributed by atoms with Crippen molar-refractivity contribution in [3.8, 4) is 11.4 Å². The Labute approximate surface area is 211 Å². The lowest BCUT2D eigenvalue weighted by molar-refractivity contribution is -0.157. The summed E-state index contributed by atoms with van der Waals surface area (Å²) in [6, 6.07) is 6.45. The van der Waals surface area contributed by atoms with Crippen LogP contribution in [0.4, 0.5) is 8.78 Å². The van der Waals surface area contributed by atoms with Gasteiger partial charge in [0.05, 0.1) is 25.4 Å². The minimum absolute atomic E-state index is 0.0137. The summed E-state index contributed by atoms with van der Waals surface area (Å²) < 4.78 is 49.4. The maximum absolute atomic E-state index is 16.3. The van der Waals surface area contributed by atoms with Gasteiger partial charge in [-0.2, -0.15) is 5.10 Å². The lowest BCUT2D eigenvalue weighted by Gasteiger charge is -2.27. The Morgan fingerprint density at radius 3 is 2.73 bits per heavy atom. The third-order valence-electron chi connectivity index (χ3n) is 7.78. The molecule has 10 heteroatoms. The van der Waals surface area contributed by atoms with Crippen molar-refractivity contribution in [2.24, 2.45) is 0 Å². The summed E-state index contributed by atoms with van der Waals surface area (Å²) in [4.78, 5) is 12.0. The molecule has 2 aromatic carbocycles. The number of benzene rings is 2. The Kier molecular flexibility index (Phi) is 5.68. The Balaban J connectivity index is 1.70. The predicted octanol–water partition coefficient (Wildman–Crippen LogP) is 5.03. The molecule has 0 amide bonds. The van der Waals surface area contributed by atoms with Gasteiger partial charge >= 0.3 is 5.97 Å². The number of carbonyl (C=O) groups is 1. The van der Waals surface area contributed by atoms with Crippen molar-refractivity contribution in [1.82, 2.24) is 14.8 Å². The number of carboxylic acid groups (broad SMARTS) is 1. The van der Waals surface area contributed by atoms with Crippen LogP contribution in [0.3, 0.4) is 0 Å². The molecule has 6 rings (SSSR count). The monoisotopic (exact) mass is 511 g/mol. The standard InChI is InChI=1S/C27H27F2N3O5/c1-27(26(33)34)11-16(13-37-27)21-22-19(9-15-12-30-31-24(15)23(22)29)32(25(21)14-5-7-36-8-6-14)17-3-4-18(28)20(10-17)35-2/h3-4,9-10,12,14,16H,5-8,11,13H2,1-2H3,(H,30,31)(H,33,34)/t16-,27+/m0/s1. The Morgan fingerprint density at radius 1 is 1.24 bits per heavy atom. The van der Waals surface area contributed by atoms with Crippen LogP contribution in [0.5, 0.6) is 5.75 Å². The SMILES string of the molecule is COc1cc(-n2c(C3CCOCC3)c([C@@H]3CO[C@@](C)(C(=O)O)C3)c3c(F)c4[nH]ncc4cc32)ccc1F. The van der Waals surface area contributed by atoms with Crippen LogP contribution in [0.15, 0.2) is 30.5 Å². The third-order valence-corrected chi connectivity index (χ3v) is 7.78. The van der Waals surface area contributed by atoms with Gasteiger partial charge in [-0.3, -0.25) is 5.10 Å². The van der Waals surface area contributed by atoms with Gasteiger partial charge in [-0.05, 0) is 49.9 Å². The summed E-state index contributed by atoms with van der Waals surface area (Å²) in [5.41, 5.74) is 1.72. The Morgan fingerprint density at radius 2 is 2.03 bits per heavy atom. The van der Waals surface area contributed by atoms with E-state index in [-0.39, 0.29) is 36.1 Å². The highest BCUT2D eigenvalue weighted by molar-refractivity contribution is 6.00. The molecule has 0 spiro atoms. The zero-order valence-electron chi connectivity index (χ0n) is 20.5. The molecular formula is C27H27F2N3O5. The maximum Gasteiger partial charge on any atom is 0.335 e. The van der Waals surface area contributed by atoms with Crippen molar-refractivity contribution in [2.75, 3.05) is 26.9 Å². The molecule has 0 saturated carbocycles. The van der Waals surface area contributed by atoms with Gasteiger partial charge in [0.15, 0.2) is 23.0 Å². The summed E-state index contributed by atoms with van der Waals surface area (Å²) in [5.74, 6) is -2.28. The predicted molar refractivity (Wildman–Crippen MR) is 132 cm³/mol. The zero-order valence-corrected chi connectivity index (χ0v) is 20.5. The number of aromatic amines is 1. The van der Waals surface area contributed by atoms with Gasteiger partial charge in [0.1, 0.15) is 5.52 Å². The van der Waals surface area contributed by atoms with Crippen LogP contribution in [0, 0.1) is 11.6 Å². The first-order valence-electron chi connectivity index (χ1n) is 12.3. The van der Waals surface area contributed by atoms with Crippen LogP contribution in [0.2, 0.25) is 0 Å². The molecule has 194 valence electrons. The highest BCUT2D eigenvalue weighted by Gasteiger charge is 2.46. The molecule has 8 nitrogen and oxygen atoms in total. The van der Waals surface area contributed by atoms with Gasteiger partial charge in [0.25, 0.3) is 0 Å². The lowest BCUT2D eigenvalue weighted by atomic mass is 9.84. The number of aliphatic carboxylic acids is 1. The molecule has 0 bridgehead atoms. The number of nitrogens with one attached hydrogen (secondary N) is 1. The number of fused-ring (bicyclic) bond motifs is 2. The highest BCUT2D eigenvalue weighted by Crippen LogP contribution is 2.48. The van der Waals surface area contributed by atoms with E-state index < -0.39 is 23.2 Å². The normalized spacial score (nSPS) is 22.8. The van der Waals surface area contributed by atoms with Crippen molar-refractivity contribution in [3.63, 3.8) is 0 Å². The summed E-state index contributed by atoms with van der Waals surface area (Å²) in [7, 11) is 1.40. The van der Waals surface area contributed by atoms with E-state index in [4.69, 9.17) is 14.2 Å². The van der Waals surface area contributed by atoms with Gasteiger partial charge in [-0.15, -0.1) is 0 Å². The Hall–Kier alpha value is -3.50. The molecular weight excluding hydrogens is 484 g/mol. The van der Waals surface area contributed by atoms with E-state index in [1.54, 1.807) is 25.3 Å². The van der Waals surface area contributed by atoms with E-state index in [1.807, 2.05) is 10.6 Å². The molecule has 2 saturated heterocycles. The van der Waals surface area contributed by atoms with Crippen LogP contribution in [-0.2, 0) is 14.3 Å². The minimum atomic E-state index is -1.38. The van der Waals surface area contributed by atoms with Crippen molar-refractivity contribution < 1.29 is 32.9 Å². The van der Waals surface area contributed by atoms with Crippen LogP contribution < -0.4 is 4.74 Å². The molecule has 2 atom stereocenters. The van der Waals surface area contributed by atoms with E-state index in [0.29, 0.717) is 48.0 Å². The molecule has 4 aromatic rings. The number of carboxylic acids is 1. The van der Waals surface area contributed by atoms with E-state index >= 15 is 4.39 Å². The van der Waals surface area contributed by atoms with Gasteiger partial charge in [0.2, 0.25) is 0 Å². The molecule has 2 aliphatic heterocycles. The van der Waals surface area contributed by atoms with Gasteiger partial charge in [-0.25, -0.2) is 13.6 Å². The van der Waals surface area contributed by atoms with Crippen molar-refractivity contribution in [3.05, 3.63) is 53.4 Å². The fourth-order valence-corrected chi connectivity index (χ4v) is 5.91. The number of ether oxygens (including phenoxy) is 3. The summed E-state index contributed by atoms with van der Waals surface area (Å²) in [5, 5.41) is 17.6. The number of hydrogen-bond donors (Lipinski definition) is 2. The first-order valence-corrected chi connectivity index (χ1v) is 12.3. The third kappa shape index (κ3) is 3.69. The molecule has 0 radical (unpaired) electrons. The second kappa shape index (κ2) is 8.81. The zero-order chi connectivity index (χ0) is 25.9. The van der Waals surface area contributed by atoms with Gasteiger partial charge in [-0.1, -0.05) is 0 Å². The molecule has 37 heavy (non-hydrogen) atoms. The number of aromatic nitrogens is 3. The second-order valence-electron chi connectivity index (χ2n) is 10.0. The average molecular weight is 512 g/mol. The smallest absolute Gasteiger partial charge is 0.335 e. The number of rotatable bonds is 5. The Bertz CT molecular complexity index is 1520. The topological polar surface area (TPSA) is 98.6 Å². The number of hydrogen-bond acceptors (Lipinski definition) is 5. The van der Waals surface area contributed by atoms with Crippen molar-refractivity contribution >= 4 is 27.8 Å². The lowest BCUT2D eigenvalue weighted by Crippen LogP contribution is -2.34. The number of H-pyrrole nitrogens is 1. The fraction of sp³-hybridized carbons (Fsp3) is 0.407. The number of methoxy groups -OCH3 is 1. The average Bonchev–Trinajstić information content (AvgIpc) is 3.61. The summed E-state index contributed by atoms with van der Waals surface area (Å²) in [6.07, 6.45) is 3.19. The van der Waals surface area contributed by atoms with Crippen LogP contribution in [-0.4, -0.2) is 58.4 Å². The van der Waals surface area contributed by atoms with Gasteiger partial charge in [0, 0.05) is 53.3 Å². The van der Waals surface area contributed by atoms with Crippen molar-refractivity contribution in [2.45, 2.75) is 43.6 Å². The van der Waals surface area contributed by atoms with E-state index in [1.165, 1.54) is 13.2 Å². The molecule has 0 unspecified atom stereocenters. The highest BCUT2D eigenvalue weighted by atomic mass is 19.1. The quantitative estimate of drug-likeness (QED) is 0.390. The van der Waals surface area contributed by atoms with Crippen LogP contribution in [0.1, 0.15) is 49.3 Å². The fourth-order valence-electron chi connectivity index (χ4n) is 5.91. The molecule has 4 heterocycles. The number of nitrogens with zero attached hydrogens (tertiary/aromatic N) is 2. The van der Waals surface area contributed by atoms with E-state index in [2.05, 4.69) is 10.2 Å². The summed E-state index contributed by atoms with van der Waals surface area (Å²) in [6.45, 7) is 2.81. The first-order chi connectivity index (χ1) is 17.8.